The first-order valence-corrected chi connectivity index (χ1v) is 7.18. The molecule has 0 unspecified atom stereocenters. The molecule has 0 aliphatic heterocycles. The Bertz CT molecular complexity index is 460. The Balaban J connectivity index is 2.52. The normalized spacial score (nSPS) is 12.7. The molecule has 0 spiro atoms. The summed E-state index contributed by atoms with van der Waals surface area (Å²) in [7, 11) is 1.69. The zero-order valence-electron chi connectivity index (χ0n) is 12.5. The highest BCUT2D eigenvalue weighted by molar-refractivity contribution is 9.10. The lowest BCUT2D eigenvalue weighted by Crippen LogP contribution is -2.39. The minimum atomic E-state index is -0.496. The summed E-state index contributed by atoms with van der Waals surface area (Å²) in [4.78, 5) is 17.3. The van der Waals surface area contributed by atoms with E-state index in [1.807, 2.05) is 27.7 Å². The number of halogens is 1. The lowest BCUT2D eigenvalue weighted by molar-refractivity contribution is 0.0237. The quantitative estimate of drug-likeness (QED) is 0.838. The summed E-state index contributed by atoms with van der Waals surface area (Å²) in [6, 6.07) is 1.77. The highest BCUT2D eigenvalue weighted by Gasteiger charge is 2.21. The molecular weight excluding hydrogens is 324 g/mol. The van der Waals surface area contributed by atoms with Gasteiger partial charge in [-0.15, -0.1) is 0 Å². The monoisotopic (exact) mass is 344 g/mol. The number of ether oxygens (including phenoxy) is 2. The summed E-state index contributed by atoms with van der Waals surface area (Å²) < 4.78 is 11.8. The number of nitrogens with zero attached hydrogens (tertiary/aromatic N) is 2. The Morgan fingerprint density at radius 2 is 2.15 bits per heavy atom. The molecule has 0 saturated heterocycles. The van der Waals surface area contributed by atoms with E-state index in [9.17, 15) is 4.79 Å². The Morgan fingerprint density at radius 3 is 2.70 bits per heavy atom. The van der Waals surface area contributed by atoms with Crippen molar-refractivity contribution in [2.24, 2.45) is 0 Å². The summed E-state index contributed by atoms with van der Waals surface area (Å²) in [6.45, 7) is 7.85. The van der Waals surface area contributed by atoms with Crippen LogP contribution in [0.3, 0.4) is 0 Å². The molecule has 112 valence electrons. The van der Waals surface area contributed by atoms with E-state index in [-0.39, 0.29) is 12.2 Å². The number of likely N-dealkylation sites (N-methyl/N-ethyl adjacent to an activating group) is 1. The Kier molecular flexibility index (Phi) is 5.80. The van der Waals surface area contributed by atoms with Crippen molar-refractivity contribution in [1.29, 1.82) is 0 Å². The highest BCUT2D eigenvalue weighted by Crippen LogP contribution is 2.23. The van der Waals surface area contributed by atoms with Crippen molar-refractivity contribution in [1.82, 2.24) is 9.88 Å². The molecule has 0 aliphatic carbocycles. The number of carbonyl (C=O) groups is 1. The van der Waals surface area contributed by atoms with Gasteiger partial charge < -0.3 is 14.4 Å². The van der Waals surface area contributed by atoms with Crippen LogP contribution in [0.25, 0.3) is 0 Å². The van der Waals surface area contributed by atoms with Gasteiger partial charge in [0.2, 0.25) is 0 Å². The van der Waals surface area contributed by atoms with E-state index in [1.54, 1.807) is 25.5 Å². The van der Waals surface area contributed by atoms with Crippen LogP contribution in [-0.4, -0.2) is 41.3 Å². The summed E-state index contributed by atoms with van der Waals surface area (Å²) >= 11 is 3.37. The fraction of sp³-hybridized carbons (Fsp3) is 0.571. The number of carbonyl (C=O) groups excluding carboxylic acids is 1. The van der Waals surface area contributed by atoms with Gasteiger partial charge >= 0.3 is 6.09 Å². The SMILES string of the molecule is C[C@@H](CN(C)C(=O)OC(C)(C)C)Oc1ccncc1Br. The molecule has 0 saturated carbocycles. The van der Waals surface area contributed by atoms with Crippen LogP contribution in [0.4, 0.5) is 4.79 Å². The van der Waals surface area contributed by atoms with Gasteiger partial charge in [-0.3, -0.25) is 4.98 Å². The number of rotatable bonds is 4. The van der Waals surface area contributed by atoms with Crippen LogP contribution in [0.1, 0.15) is 27.7 Å². The maximum Gasteiger partial charge on any atom is 0.410 e. The lowest BCUT2D eigenvalue weighted by Gasteiger charge is -2.26. The van der Waals surface area contributed by atoms with Crippen LogP contribution in [0, 0.1) is 0 Å². The predicted octanol–water partition coefficient (Wildman–Crippen LogP) is 3.48. The highest BCUT2D eigenvalue weighted by atomic mass is 79.9. The largest absolute Gasteiger partial charge is 0.488 e. The van der Waals surface area contributed by atoms with Gasteiger partial charge in [0.1, 0.15) is 17.5 Å². The molecule has 1 rings (SSSR count). The van der Waals surface area contributed by atoms with Gasteiger partial charge in [0.15, 0.2) is 0 Å². The van der Waals surface area contributed by atoms with Crippen molar-refractivity contribution < 1.29 is 14.3 Å². The predicted molar refractivity (Wildman–Crippen MR) is 80.9 cm³/mol. The fourth-order valence-electron chi connectivity index (χ4n) is 1.51. The molecule has 0 aliphatic rings. The standard InChI is InChI=1S/C14H21BrN2O3/c1-10(19-12-6-7-16-8-11(12)15)9-17(5)13(18)20-14(2,3)4/h6-8,10H,9H2,1-5H3/t10-/m0/s1. The van der Waals surface area contributed by atoms with Gasteiger partial charge in [0, 0.05) is 19.4 Å². The van der Waals surface area contributed by atoms with Gasteiger partial charge in [-0.2, -0.15) is 0 Å². The summed E-state index contributed by atoms with van der Waals surface area (Å²) in [5.74, 6) is 0.699. The molecule has 1 atom stereocenters. The second-order valence-electron chi connectivity index (χ2n) is 5.60. The molecule has 6 heteroatoms. The maximum atomic E-state index is 11.8. The van der Waals surface area contributed by atoms with E-state index in [1.165, 1.54) is 4.90 Å². The molecule has 1 aromatic rings. The third-order valence-electron chi connectivity index (χ3n) is 2.30. The topological polar surface area (TPSA) is 51.7 Å². The molecule has 0 bridgehead atoms. The van der Waals surface area contributed by atoms with Crippen molar-refractivity contribution in [3.63, 3.8) is 0 Å². The van der Waals surface area contributed by atoms with Crippen molar-refractivity contribution in [3.05, 3.63) is 22.9 Å². The minimum absolute atomic E-state index is 0.161. The molecule has 0 N–H and O–H groups in total. The number of aromatic nitrogens is 1. The molecular formula is C14H21BrN2O3. The van der Waals surface area contributed by atoms with Crippen LogP contribution in [0.15, 0.2) is 22.9 Å². The number of hydrogen-bond acceptors (Lipinski definition) is 4. The second kappa shape index (κ2) is 6.92. The van der Waals surface area contributed by atoms with Crippen LogP contribution in [0.2, 0.25) is 0 Å². The van der Waals surface area contributed by atoms with Crippen LogP contribution >= 0.6 is 15.9 Å². The number of amides is 1. The summed E-state index contributed by atoms with van der Waals surface area (Å²) in [6.07, 6.45) is 2.80. The van der Waals surface area contributed by atoms with E-state index in [0.717, 1.165) is 4.47 Å². The molecule has 0 fully saturated rings. The Hall–Kier alpha value is -1.30. The molecule has 0 aromatic carbocycles. The van der Waals surface area contributed by atoms with E-state index < -0.39 is 5.60 Å². The van der Waals surface area contributed by atoms with E-state index in [0.29, 0.717) is 12.3 Å². The van der Waals surface area contributed by atoms with Crippen molar-refractivity contribution in [2.75, 3.05) is 13.6 Å². The smallest absolute Gasteiger partial charge is 0.410 e. The fourth-order valence-corrected chi connectivity index (χ4v) is 1.86. The number of pyridine rings is 1. The van der Waals surface area contributed by atoms with Crippen LogP contribution in [0.5, 0.6) is 5.75 Å². The van der Waals surface area contributed by atoms with Gasteiger partial charge in [0.25, 0.3) is 0 Å². The zero-order chi connectivity index (χ0) is 15.3. The summed E-state index contributed by atoms with van der Waals surface area (Å²) in [5, 5.41) is 0. The first-order valence-electron chi connectivity index (χ1n) is 6.39. The van der Waals surface area contributed by atoms with Gasteiger partial charge in [-0.05, 0) is 49.7 Å². The minimum Gasteiger partial charge on any atom is -0.488 e. The van der Waals surface area contributed by atoms with E-state index in [4.69, 9.17) is 9.47 Å². The van der Waals surface area contributed by atoms with Crippen LogP contribution in [-0.2, 0) is 4.74 Å². The molecule has 5 nitrogen and oxygen atoms in total. The maximum absolute atomic E-state index is 11.8. The zero-order valence-corrected chi connectivity index (χ0v) is 14.1. The lowest BCUT2D eigenvalue weighted by atomic mass is 10.2. The average Bonchev–Trinajstić information content (AvgIpc) is 2.29. The first-order chi connectivity index (χ1) is 9.19. The van der Waals surface area contributed by atoms with Crippen molar-refractivity contribution in [3.8, 4) is 5.75 Å². The van der Waals surface area contributed by atoms with Gasteiger partial charge in [-0.1, -0.05) is 0 Å². The third kappa shape index (κ3) is 5.77. The van der Waals surface area contributed by atoms with Crippen molar-refractivity contribution in [2.45, 2.75) is 39.4 Å². The van der Waals surface area contributed by atoms with E-state index in [2.05, 4.69) is 20.9 Å². The average molecular weight is 345 g/mol. The Labute approximate surface area is 128 Å². The van der Waals surface area contributed by atoms with Crippen molar-refractivity contribution >= 4 is 22.0 Å². The van der Waals surface area contributed by atoms with Gasteiger partial charge in [0.05, 0.1) is 11.0 Å². The van der Waals surface area contributed by atoms with E-state index >= 15 is 0 Å². The van der Waals surface area contributed by atoms with Crippen LogP contribution < -0.4 is 4.74 Å². The van der Waals surface area contributed by atoms with Gasteiger partial charge in [-0.25, -0.2) is 4.79 Å². The molecule has 1 aromatic heterocycles. The first kappa shape index (κ1) is 16.8. The molecule has 0 radical (unpaired) electrons. The molecule has 1 amide bonds. The second-order valence-corrected chi connectivity index (χ2v) is 6.45. The summed E-state index contributed by atoms with van der Waals surface area (Å²) in [5.41, 5.74) is -0.496. The Morgan fingerprint density at radius 1 is 1.50 bits per heavy atom. The number of hydrogen-bond donors (Lipinski definition) is 0. The third-order valence-corrected chi connectivity index (χ3v) is 2.90. The molecule has 20 heavy (non-hydrogen) atoms. The molecule has 1 heterocycles.